The van der Waals surface area contributed by atoms with Crippen LogP contribution in [-0.4, -0.2) is 22.5 Å². The third-order valence-electron chi connectivity index (χ3n) is 2.80. The van der Waals surface area contributed by atoms with Crippen LogP contribution in [0.5, 0.6) is 0 Å². The summed E-state index contributed by atoms with van der Waals surface area (Å²) in [6.07, 6.45) is 1.19. The normalized spacial score (nSPS) is 12.6. The van der Waals surface area contributed by atoms with E-state index < -0.39 is 17.5 Å². The number of esters is 1. The number of aromatic nitrogens is 1. The van der Waals surface area contributed by atoms with E-state index in [-0.39, 0.29) is 12.5 Å². The molecule has 0 spiro atoms. The Morgan fingerprint density at radius 2 is 2.05 bits per heavy atom. The monoisotopic (exact) mass is 370 g/mol. The lowest BCUT2D eigenvalue weighted by Gasteiger charge is -2.23. The SMILES string of the molecule is CCCC(C(=O)NCc1cccc(Br)n1)C(=O)OC(C)(C)C. The van der Waals surface area contributed by atoms with Crippen molar-refractivity contribution in [1.29, 1.82) is 0 Å². The van der Waals surface area contributed by atoms with Gasteiger partial charge in [0.1, 0.15) is 16.1 Å². The second-order valence-corrected chi connectivity index (χ2v) is 6.86. The fourth-order valence-electron chi connectivity index (χ4n) is 1.87. The van der Waals surface area contributed by atoms with Gasteiger partial charge in [-0.05, 0) is 55.3 Å². The average Bonchev–Trinajstić information content (AvgIpc) is 2.40. The fraction of sp³-hybridized carbons (Fsp3) is 0.562. The predicted octanol–water partition coefficient (Wildman–Crippen LogP) is 3.22. The second-order valence-electron chi connectivity index (χ2n) is 6.04. The Bertz CT molecular complexity index is 526. The highest BCUT2D eigenvalue weighted by Gasteiger charge is 2.30. The number of pyridine rings is 1. The summed E-state index contributed by atoms with van der Waals surface area (Å²) in [5.74, 6) is -1.58. The lowest BCUT2D eigenvalue weighted by Crippen LogP contribution is -2.39. The van der Waals surface area contributed by atoms with Gasteiger partial charge in [-0.2, -0.15) is 0 Å². The molecule has 0 aromatic carbocycles. The van der Waals surface area contributed by atoms with Crippen LogP contribution < -0.4 is 5.32 Å². The van der Waals surface area contributed by atoms with Gasteiger partial charge in [-0.3, -0.25) is 9.59 Å². The summed E-state index contributed by atoms with van der Waals surface area (Å²) in [5, 5.41) is 2.75. The molecule has 0 aliphatic heterocycles. The first-order chi connectivity index (χ1) is 10.2. The minimum Gasteiger partial charge on any atom is -0.459 e. The molecule has 0 fully saturated rings. The maximum absolute atomic E-state index is 12.3. The molecule has 0 bridgehead atoms. The first-order valence-electron chi connectivity index (χ1n) is 7.35. The Morgan fingerprint density at radius 1 is 1.36 bits per heavy atom. The number of rotatable bonds is 6. The molecule has 0 radical (unpaired) electrons. The summed E-state index contributed by atoms with van der Waals surface area (Å²) >= 11 is 3.28. The van der Waals surface area contributed by atoms with Crippen LogP contribution >= 0.6 is 15.9 Å². The van der Waals surface area contributed by atoms with E-state index in [0.29, 0.717) is 11.0 Å². The summed E-state index contributed by atoms with van der Waals surface area (Å²) < 4.78 is 6.03. The van der Waals surface area contributed by atoms with Gasteiger partial charge >= 0.3 is 5.97 Å². The zero-order valence-corrected chi connectivity index (χ0v) is 15.1. The van der Waals surface area contributed by atoms with Crippen LogP contribution in [0.3, 0.4) is 0 Å². The van der Waals surface area contributed by atoms with Gasteiger partial charge in [-0.1, -0.05) is 19.4 Å². The van der Waals surface area contributed by atoms with E-state index in [1.165, 1.54) is 0 Å². The molecule has 1 amide bonds. The maximum atomic E-state index is 12.3. The van der Waals surface area contributed by atoms with E-state index in [1.54, 1.807) is 20.8 Å². The molecule has 1 aromatic rings. The highest BCUT2D eigenvalue weighted by Crippen LogP contribution is 2.16. The summed E-state index contributed by atoms with van der Waals surface area (Å²) in [7, 11) is 0. The molecule has 1 N–H and O–H groups in total. The van der Waals surface area contributed by atoms with Crippen molar-refractivity contribution in [3.05, 3.63) is 28.5 Å². The lowest BCUT2D eigenvalue weighted by atomic mass is 10.0. The van der Waals surface area contributed by atoms with E-state index in [4.69, 9.17) is 4.74 Å². The van der Waals surface area contributed by atoms with Crippen molar-refractivity contribution in [3.63, 3.8) is 0 Å². The van der Waals surface area contributed by atoms with Gasteiger partial charge < -0.3 is 10.1 Å². The number of nitrogens with one attached hydrogen (secondary N) is 1. The van der Waals surface area contributed by atoms with Crippen molar-refractivity contribution in [2.45, 2.75) is 52.7 Å². The average molecular weight is 371 g/mol. The van der Waals surface area contributed by atoms with E-state index in [9.17, 15) is 9.59 Å². The number of amides is 1. The molecular formula is C16H23BrN2O3. The van der Waals surface area contributed by atoms with Crippen molar-refractivity contribution in [3.8, 4) is 0 Å². The Labute approximate surface area is 140 Å². The molecule has 0 aliphatic carbocycles. The third kappa shape index (κ3) is 6.56. The minimum atomic E-state index is -0.781. The van der Waals surface area contributed by atoms with Crippen molar-refractivity contribution >= 4 is 27.8 Å². The highest BCUT2D eigenvalue weighted by molar-refractivity contribution is 9.10. The summed E-state index contributed by atoms with van der Waals surface area (Å²) in [6.45, 7) is 7.58. The topological polar surface area (TPSA) is 68.3 Å². The number of hydrogen-bond donors (Lipinski definition) is 1. The van der Waals surface area contributed by atoms with E-state index >= 15 is 0 Å². The molecule has 6 heteroatoms. The second kappa shape index (κ2) is 8.27. The Hall–Kier alpha value is -1.43. The number of halogens is 1. The molecule has 22 heavy (non-hydrogen) atoms. The van der Waals surface area contributed by atoms with Gasteiger partial charge in [0, 0.05) is 0 Å². The van der Waals surface area contributed by atoms with E-state index in [0.717, 1.165) is 12.1 Å². The number of hydrogen-bond acceptors (Lipinski definition) is 4. The summed E-state index contributed by atoms with van der Waals surface area (Å²) in [5.41, 5.74) is 0.122. The molecule has 1 unspecified atom stereocenters. The Balaban J connectivity index is 2.67. The fourth-order valence-corrected chi connectivity index (χ4v) is 2.25. The smallest absolute Gasteiger partial charge is 0.319 e. The van der Waals surface area contributed by atoms with Gasteiger partial charge in [-0.25, -0.2) is 4.98 Å². The Kier molecular flexibility index (Phi) is 7.00. The van der Waals surface area contributed by atoms with Crippen LogP contribution in [0.4, 0.5) is 0 Å². The molecule has 1 atom stereocenters. The maximum Gasteiger partial charge on any atom is 0.319 e. The molecule has 122 valence electrons. The molecule has 0 saturated heterocycles. The largest absolute Gasteiger partial charge is 0.459 e. The zero-order valence-electron chi connectivity index (χ0n) is 13.5. The van der Waals surface area contributed by atoms with Crippen LogP contribution in [0.25, 0.3) is 0 Å². The molecule has 0 aliphatic rings. The molecule has 5 nitrogen and oxygen atoms in total. The van der Waals surface area contributed by atoms with Gasteiger partial charge in [0.2, 0.25) is 5.91 Å². The Morgan fingerprint density at radius 3 is 2.59 bits per heavy atom. The van der Waals surface area contributed by atoms with Crippen molar-refractivity contribution in [2.24, 2.45) is 5.92 Å². The highest BCUT2D eigenvalue weighted by atomic mass is 79.9. The molecule has 1 aromatic heterocycles. The van der Waals surface area contributed by atoms with E-state index in [2.05, 4.69) is 26.2 Å². The van der Waals surface area contributed by atoms with Crippen LogP contribution in [-0.2, 0) is 20.9 Å². The lowest BCUT2D eigenvalue weighted by molar-refractivity contribution is -0.162. The number of ether oxygens (including phenoxy) is 1. The van der Waals surface area contributed by atoms with Gasteiger partial charge in [0.05, 0.1) is 12.2 Å². The quantitative estimate of drug-likeness (QED) is 0.474. The van der Waals surface area contributed by atoms with Crippen LogP contribution in [0.15, 0.2) is 22.8 Å². The molecule has 1 heterocycles. The zero-order chi connectivity index (χ0) is 16.8. The van der Waals surface area contributed by atoms with Crippen LogP contribution in [0.2, 0.25) is 0 Å². The van der Waals surface area contributed by atoms with Crippen LogP contribution in [0.1, 0.15) is 46.2 Å². The van der Waals surface area contributed by atoms with Crippen molar-refractivity contribution < 1.29 is 14.3 Å². The molecular weight excluding hydrogens is 348 g/mol. The third-order valence-corrected chi connectivity index (χ3v) is 3.24. The number of carbonyl (C=O) groups excluding carboxylic acids is 2. The van der Waals surface area contributed by atoms with Crippen LogP contribution in [0, 0.1) is 5.92 Å². The number of carbonyl (C=O) groups is 2. The van der Waals surface area contributed by atoms with Crippen molar-refractivity contribution in [1.82, 2.24) is 10.3 Å². The number of nitrogens with zero attached hydrogens (tertiary/aromatic N) is 1. The minimum absolute atomic E-state index is 0.279. The standard InChI is InChI=1S/C16H23BrN2O3/c1-5-7-12(15(21)22-16(2,3)4)14(20)18-10-11-8-6-9-13(17)19-11/h6,8-9,12H,5,7,10H2,1-4H3,(H,18,20). The molecule has 1 rings (SSSR count). The van der Waals surface area contributed by atoms with Gasteiger partial charge in [-0.15, -0.1) is 0 Å². The molecule has 0 saturated carbocycles. The van der Waals surface area contributed by atoms with Gasteiger partial charge in [0.15, 0.2) is 0 Å². The van der Waals surface area contributed by atoms with E-state index in [1.807, 2.05) is 25.1 Å². The predicted molar refractivity (Wildman–Crippen MR) is 88.0 cm³/mol. The first-order valence-corrected chi connectivity index (χ1v) is 8.14. The summed E-state index contributed by atoms with van der Waals surface area (Å²) in [6, 6.07) is 5.47. The summed E-state index contributed by atoms with van der Waals surface area (Å²) in [4.78, 5) is 28.7. The first kappa shape index (κ1) is 18.6. The van der Waals surface area contributed by atoms with Crippen molar-refractivity contribution in [2.75, 3.05) is 0 Å². The van der Waals surface area contributed by atoms with Gasteiger partial charge in [0.25, 0.3) is 0 Å².